The van der Waals surface area contributed by atoms with Crippen molar-refractivity contribution < 1.29 is 0 Å². The van der Waals surface area contributed by atoms with Crippen LogP contribution in [0, 0.1) is 0 Å². The molecule has 0 aliphatic heterocycles. The van der Waals surface area contributed by atoms with Crippen molar-refractivity contribution in [3.8, 4) is 0 Å². The van der Waals surface area contributed by atoms with Crippen molar-refractivity contribution in [2.24, 2.45) is 0 Å². The van der Waals surface area contributed by atoms with E-state index in [1.807, 2.05) is 0 Å². The average molecular weight is 157 g/mol. The fourth-order valence-corrected chi connectivity index (χ4v) is 0. The van der Waals surface area contributed by atoms with Crippen LogP contribution in [0.3, 0.4) is 0 Å². The second-order valence-electron chi connectivity index (χ2n) is 0. The van der Waals surface area contributed by atoms with Crippen molar-refractivity contribution >= 4 is 167 Å². The third-order valence-corrected chi connectivity index (χ3v) is 0. The number of hydrogen-bond acceptors (Lipinski definition) is 0. The third-order valence-electron chi connectivity index (χ3n) is 0. The Morgan fingerprint density at radius 2 is 0.500 bits per heavy atom. The first-order valence-electron chi connectivity index (χ1n) is 0. The van der Waals surface area contributed by atoms with Crippen molar-refractivity contribution in [3.63, 3.8) is 0 Å². The summed E-state index contributed by atoms with van der Waals surface area (Å²) in [6.45, 7) is 0. The Kier molecular flexibility index (Phi) is 89.9. The molecule has 4 heteroatoms. The van der Waals surface area contributed by atoms with Crippen LogP contribution in [0.2, 0.25) is 0 Å². The molecule has 0 aromatic carbocycles. The van der Waals surface area contributed by atoms with Gasteiger partial charge in [-0.05, 0) is 0 Å². The van der Waals surface area contributed by atoms with Gasteiger partial charge in [0.2, 0.25) is 0 Å². The molecular weight excluding hydrogens is 153 g/mol. The summed E-state index contributed by atoms with van der Waals surface area (Å²) in [6, 6.07) is 0. The molecular formula is H4ClK3. The van der Waals surface area contributed by atoms with Crippen molar-refractivity contribution in [1.82, 2.24) is 0 Å². The van der Waals surface area contributed by atoms with E-state index in [0.717, 1.165) is 0 Å². The molecule has 0 N–H and O–H groups in total. The molecule has 0 bridgehead atoms. The molecule has 0 amide bonds. The van der Waals surface area contributed by atoms with E-state index in [4.69, 9.17) is 0 Å². The van der Waals surface area contributed by atoms with Crippen LogP contribution in [0.25, 0.3) is 0 Å². The van der Waals surface area contributed by atoms with Gasteiger partial charge in [0.05, 0.1) is 0 Å². The van der Waals surface area contributed by atoms with Gasteiger partial charge >= 0.3 is 154 Å². The quantitative estimate of drug-likeness (QED) is 0.374. The van der Waals surface area contributed by atoms with Gasteiger partial charge in [-0.15, -0.1) is 12.4 Å². The molecule has 0 heterocycles. The zero-order valence-corrected chi connectivity index (χ0v) is 1.22. The van der Waals surface area contributed by atoms with Gasteiger partial charge in [-0.25, -0.2) is 0 Å². The van der Waals surface area contributed by atoms with E-state index in [2.05, 4.69) is 0 Å². The Morgan fingerprint density at radius 3 is 0.500 bits per heavy atom. The topological polar surface area (TPSA) is 0 Å². The van der Waals surface area contributed by atoms with Crippen LogP contribution in [0.1, 0.15) is 0 Å². The fourth-order valence-electron chi connectivity index (χ4n) is 0. The van der Waals surface area contributed by atoms with Crippen LogP contribution >= 0.6 is 12.4 Å². The molecule has 0 aromatic rings. The first-order valence-corrected chi connectivity index (χ1v) is 0. The van der Waals surface area contributed by atoms with Crippen molar-refractivity contribution in [1.29, 1.82) is 0 Å². The molecule has 4 heavy (non-hydrogen) atoms. The summed E-state index contributed by atoms with van der Waals surface area (Å²) in [5.74, 6) is 0. The van der Waals surface area contributed by atoms with Crippen LogP contribution in [0.4, 0.5) is 0 Å². The fraction of sp³-hybridized carbons (Fsp3) is 0. The Morgan fingerprint density at radius 1 is 0.500 bits per heavy atom. The predicted molar refractivity (Wildman–Crippen MR) is 28.7 cm³/mol. The molecule has 0 atom stereocenters. The van der Waals surface area contributed by atoms with E-state index in [9.17, 15) is 0 Å². The van der Waals surface area contributed by atoms with Crippen molar-refractivity contribution in [2.75, 3.05) is 0 Å². The summed E-state index contributed by atoms with van der Waals surface area (Å²) >= 11 is 0. The summed E-state index contributed by atoms with van der Waals surface area (Å²) in [7, 11) is 0. The molecule has 0 aromatic heterocycles. The Labute approximate surface area is 160 Å². The molecule has 0 aliphatic rings. The molecule has 0 radical (unpaired) electrons. The molecule has 0 spiro atoms. The summed E-state index contributed by atoms with van der Waals surface area (Å²) in [5.41, 5.74) is 0. The van der Waals surface area contributed by atoms with E-state index in [1.165, 1.54) is 0 Å². The summed E-state index contributed by atoms with van der Waals surface area (Å²) in [4.78, 5) is 0. The molecule has 0 saturated carbocycles. The van der Waals surface area contributed by atoms with Gasteiger partial charge in [0.25, 0.3) is 0 Å². The Hall–Kier alpha value is 5.20. The molecule has 0 saturated heterocycles. The molecule has 0 aliphatic carbocycles. The Balaban J connectivity index is 0. The van der Waals surface area contributed by atoms with E-state index in [-0.39, 0.29) is 167 Å². The monoisotopic (exact) mass is 156 g/mol. The standard InChI is InChI=1S/ClH.3K.3H/h1H;;;;;;. The Bertz CT molecular complexity index is 3.25. The van der Waals surface area contributed by atoms with Crippen LogP contribution in [-0.2, 0) is 0 Å². The first-order chi connectivity index (χ1) is 0. The van der Waals surface area contributed by atoms with Crippen molar-refractivity contribution in [2.45, 2.75) is 0 Å². The minimum absolute atomic E-state index is 0. The maximum absolute atomic E-state index is 0. The number of hydrogen-bond donors (Lipinski definition) is 0. The van der Waals surface area contributed by atoms with Gasteiger partial charge in [-0.3, -0.25) is 0 Å². The van der Waals surface area contributed by atoms with Gasteiger partial charge in [-0.2, -0.15) is 0 Å². The molecule has 0 fully saturated rings. The SMILES string of the molecule is Cl.[KH].[KH].[KH]. The van der Waals surface area contributed by atoms with Crippen LogP contribution in [-0.4, -0.2) is 154 Å². The van der Waals surface area contributed by atoms with Crippen molar-refractivity contribution in [3.05, 3.63) is 0 Å². The second-order valence-corrected chi connectivity index (χ2v) is 0. The molecule has 0 rings (SSSR count). The molecule has 14 valence electrons. The minimum atomic E-state index is 0. The zero-order chi connectivity index (χ0) is 0. The first kappa shape index (κ1) is 22.9. The van der Waals surface area contributed by atoms with E-state index >= 15 is 0 Å². The van der Waals surface area contributed by atoms with Crippen LogP contribution < -0.4 is 0 Å². The van der Waals surface area contributed by atoms with Gasteiger partial charge in [0.1, 0.15) is 0 Å². The van der Waals surface area contributed by atoms with Gasteiger partial charge in [0, 0.05) is 0 Å². The maximum atomic E-state index is 0. The normalized spacial score (nSPS) is 0. The summed E-state index contributed by atoms with van der Waals surface area (Å²) < 4.78 is 0. The predicted octanol–water partition coefficient (Wildman–Crippen LogP) is -1.52. The van der Waals surface area contributed by atoms with E-state index in [0.29, 0.717) is 0 Å². The van der Waals surface area contributed by atoms with Crippen LogP contribution in [0.5, 0.6) is 0 Å². The summed E-state index contributed by atoms with van der Waals surface area (Å²) in [5, 5.41) is 0. The third kappa shape index (κ3) is 10.2. The van der Waals surface area contributed by atoms with E-state index in [1.54, 1.807) is 0 Å². The van der Waals surface area contributed by atoms with Crippen LogP contribution in [0.15, 0.2) is 0 Å². The number of rotatable bonds is 0. The van der Waals surface area contributed by atoms with E-state index < -0.39 is 0 Å². The molecule has 0 nitrogen and oxygen atoms in total. The van der Waals surface area contributed by atoms with Gasteiger partial charge in [0.15, 0.2) is 0 Å². The second kappa shape index (κ2) is 15.7. The average Bonchev–Trinajstić information content (AvgIpc) is 0. The number of halogens is 1. The summed E-state index contributed by atoms with van der Waals surface area (Å²) in [6.07, 6.45) is 0. The zero-order valence-electron chi connectivity index (χ0n) is 0.408. The molecule has 0 unspecified atom stereocenters. The van der Waals surface area contributed by atoms with Gasteiger partial charge in [-0.1, -0.05) is 0 Å². The van der Waals surface area contributed by atoms with Gasteiger partial charge < -0.3 is 0 Å².